The second-order valence-electron chi connectivity index (χ2n) is 11.7. The molecule has 0 saturated heterocycles. The molecule has 0 amide bonds. The molecule has 0 aliphatic heterocycles. The van der Waals surface area contributed by atoms with Gasteiger partial charge in [-0.05, 0) is 85.6 Å². The topological polar surface area (TPSA) is 30.7 Å². The Labute approximate surface area is 280 Å². The van der Waals surface area contributed by atoms with E-state index in [0.717, 1.165) is 65.8 Å². The second-order valence-corrected chi connectivity index (χ2v) is 11.7. The Kier molecular flexibility index (Phi) is 5.29. The molecule has 3 nitrogen and oxygen atoms in total. The van der Waals surface area contributed by atoms with E-state index in [1.807, 2.05) is 66.9 Å². The Hall–Kier alpha value is -6.06. The Morgan fingerprint density at radius 1 is 0.574 bits per heavy atom. The van der Waals surface area contributed by atoms with Crippen molar-refractivity contribution in [1.29, 1.82) is 0 Å². The first kappa shape index (κ1) is 22.4. The van der Waals surface area contributed by atoms with E-state index in [2.05, 4.69) is 94.9 Å². The number of hydrogen-bond acceptors (Lipinski definition) is 2. The molecule has 0 fully saturated rings. The summed E-state index contributed by atoms with van der Waals surface area (Å²) in [6.45, 7) is -2.93. The molecule has 2 aromatic heterocycles. The van der Waals surface area contributed by atoms with Gasteiger partial charge in [-0.15, -0.1) is 0 Å². The van der Waals surface area contributed by atoms with E-state index in [0.29, 0.717) is 16.7 Å². The van der Waals surface area contributed by atoms with Crippen molar-refractivity contribution in [1.82, 2.24) is 14.5 Å². The van der Waals surface area contributed by atoms with Crippen molar-refractivity contribution in [2.24, 2.45) is 0 Å². The lowest BCUT2D eigenvalue weighted by molar-refractivity contribution is 0.913. The normalized spacial score (nSPS) is 13.7. The quantitative estimate of drug-likeness (QED) is 0.183. The van der Waals surface area contributed by atoms with Gasteiger partial charge in [0.2, 0.25) is 0 Å². The largest absolute Gasteiger partial charge is 0.296 e. The average Bonchev–Trinajstić information content (AvgIpc) is 3.57. The standard InChI is InChI=1S/C44H31N3/c1-2-42-46-39-23-9-10-24-41(39)47(42)40-26-25-37(31-16-3-4-17-32(31)40)44-35-20-7-5-18-33(35)43(34-19-6-8-21-36(34)44)30-15-13-14-29(28-30)38-22-11-12-27-45-38/h3-28H,2H2,1H3/i1D3,2D2. The number of para-hydroxylation sites is 2. The van der Waals surface area contributed by atoms with Gasteiger partial charge in [0, 0.05) is 30.4 Å². The van der Waals surface area contributed by atoms with Gasteiger partial charge in [-0.1, -0.05) is 122 Å². The predicted molar refractivity (Wildman–Crippen MR) is 197 cm³/mol. The minimum Gasteiger partial charge on any atom is -0.296 e. The summed E-state index contributed by atoms with van der Waals surface area (Å²) in [5, 5.41) is 6.26. The zero-order valence-electron chi connectivity index (χ0n) is 30.4. The van der Waals surface area contributed by atoms with Crippen LogP contribution in [0, 0.1) is 0 Å². The van der Waals surface area contributed by atoms with Crippen molar-refractivity contribution < 1.29 is 6.85 Å². The van der Waals surface area contributed by atoms with E-state index in [9.17, 15) is 0 Å². The first-order valence-corrected chi connectivity index (χ1v) is 15.7. The summed E-state index contributed by atoms with van der Waals surface area (Å²) in [4.78, 5) is 9.19. The van der Waals surface area contributed by atoms with E-state index in [1.165, 1.54) is 0 Å². The third-order valence-corrected chi connectivity index (χ3v) is 9.13. The number of nitrogens with zero attached hydrogens (tertiary/aromatic N) is 3. The molecule has 47 heavy (non-hydrogen) atoms. The van der Waals surface area contributed by atoms with Crippen molar-refractivity contribution in [3.8, 4) is 39.2 Å². The Bertz CT molecular complexity index is 2760. The van der Waals surface area contributed by atoms with Gasteiger partial charge in [-0.3, -0.25) is 9.55 Å². The highest BCUT2D eigenvalue weighted by molar-refractivity contribution is 6.24. The summed E-state index contributed by atoms with van der Waals surface area (Å²) >= 11 is 0. The maximum Gasteiger partial charge on any atom is 0.114 e. The molecule has 3 heteroatoms. The van der Waals surface area contributed by atoms with E-state index in [4.69, 9.17) is 6.85 Å². The van der Waals surface area contributed by atoms with Crippen LogP contribution in [0.2, 0.25) is 0 Å². The Morgan fingerprint density at radius 3 is 1.94 bits per heavy atom. The molecule has 0 atom stereocenters. The molecule has 0 aliphatic carbocycles. The molecule has 0 saturated carbocycles. The molecule has 0 unspecified atom stereocenters. The van der Waals surface area contributed by atoms with Gasteiger partial charge < -0.3 is 0 Å². The lowest BCUT2D eigenvalue weighted by atomic mass is 9.84. The van der Waals surface area contributed by atoms with Crippen LogP contribution in [0.15, 0.2) is 158 Å². The molecule has 7 aromatic carbocycles. The fourth-order valence-electron chi connectivity index (χ4n) is 7.15. The summed E-state index contributed by atoms with van der Waals surface area (Å²) in [6.07, 6.45) is -0.890. The van der Waals surface area contributed by atoms with Gasteiger partial charge in [0.05, 0.1) is 22.4 Å². The number of hydrogen-bond donors (Lipinski definition) is 0. The average molecular weight is 607 g/mol. The summed E-state index contributed by atoms with van der Waals surface area (Å²) in [5.41, 5.74) is 8.15. The first-order valence-electron chi connectivity index (χ1n) is 18.2. The van der Waals surface area contributed by atoms with E-state index in [-0.39, 0.29) is 5.82 Å². The lowest BCUT2D eigenvalue weighted by Gasteiger charge is -2.20. The number of aryl methyl sites for hydroxylation is 1. The van der Waals surface area contributed by atoms with Crippen LogP contribution in [-0.2, 0) is 6.37 Å². The minimum atomic E-state index is -2.93. The maximum absolute atomic E-state index is 8.78. The van der Waals surface area contributed by atoms with Gasteiger partial charge in [0.1, 0.15) is 5.82 Å². The number of aromatic nitrogens is 3. The van der Waals surface area contributed by atoms with Gasteiger partial charge in [0.15, 0.2) is 0 Å². The maximum atomic E-state index is 8.78. The number of pyridine rings is 1. The third kappa shape index (κ3) is 4.35. The number of fused-ring (bicyclic) bond motifs is 4. The molecular weight excluding hydrogens is 571 g/mol. The molecule has 0 radical (unpaired) electrons. The van der Waals surface area contributed by atoms with Crippen molar-refractivity contribution in [3.05, 3.63) is 164 Å². The zero-order valence-corrected chi connectivity index (χ0v) is 25.4. The van der Waals surface area contributed by atoms with Crippen molar-refractivity contribution in [2.75, 3.05) is 0 Å². The predicted octanol–water partition coefficient (Wildman–Crippen LogP) is 11.4. The van der Waals surface area contributed by atoms with Crippen LogP contribution in [0.1, 0.15) is 19.5 Å². The van der Waals surface area contributed by atoms with Gasteiger partial charge in [0.25, 0.3) is 0 Å². The zero-order chi connectivity index (χ0) is 35.6. The van der Waals surface area contributed by atoms with Crippen LogP contribution < -0.4 is 0 Å². The monoisotopic (exact) mass is 606 g/mol. The fraction of sp³-hybridized carbons (Fsp3) is 0.0455. The molecule has 2 heterocycles. The summed E-state index contributed by atoms with van der Waals surface area (Å²) in [6, 6.07) is 51.0. The first-order chi connectivity index (χ1) is 25.2. The Morgan fingerprint density at radius 2 is 1.21 bits per heavy atom. The van der Waals surface area contributed by atoms with E-state index >= 15 is 0 Å². The highest BCUT2D eigenvalue weighted by atomic mass is 15.1. The van der Waals surface area contributed by atoms with Gasteiger partial charge in [-0.25, -0.2) is 4.98 Å². The van der Waals surface area contributed by atoms with Crippen LogP contribution in [-0.4, -0.2) is 14.5 Å². The van der Waals surface area contributed by atoms with E-state index < -0.39 is 13.2 Å². The molecule has 222 valence electrons. The van der Waals surface area contributed by atoms with Crippen molar-refractivity contribution >= 4 is 43.4 Å². The molecule has 0 N–H and O–H groups in total. The van der Waals surface area contributed by atoms with Crippen molar-refractivity contribution in [3.63, 3.8) is 0 Å². The van der Waals surface area contributed by atoms with Crippen LogP contribution >= 0.6 is 0 Å². The highest BCUT2D eigenvalue weighted by Crippen LogP contribution is 2.46. The molecule has 0 aliphatic rings. The SMILES string of the molecule is [2H]C([2H])([2H])C([2H])([2H])c1nc2ccccc2n1-c1ccc(-c2c3ccccc3c(-c3cccc(-c4ccccn4)c3)c3ccccc23)c2ccccc12. The van der Waals surface area contributed by atoms with Crippen LogP contribution in [0.25, 0.3) is 82.5 Å². The molecular formula is C44H31N3. The summed E-state index contributed by atoms with van der Waals surface area (Å²) < 4.78 is 43.5. The number of rotatable bonds is 5. The Balaban J connectivity index is 1.33. The molecule has 9 aromatic rings. The minimum absolute atomic E-state index is 0.153. The van der Waals surface area contributed by atoms with Gasteiger partial charge >= 0.3 is 0 Å². The van der Waals surface area contributed by atoms with Crippen LogP contribution in [0.3, 0.4) is 0 Å². The summed E-state index contributed by atoms with van der Waals surface area (Å²) in [7, 11) is 0. The number of benzene rings is 7. The molecule has 0 spiro atoms. The molecule has 0 bridgehead atoms. The third-order valence-electron chi connectivity index (χ3n) is 9.13. The fourth-order valence-corrected chi connectivity index (χ4v) is 7.15. The lowest BCUT2D eigenvalue weighted by Crippen LogP contribution is -2.01. The summed E-state index contributed by atoms with van der Waals surface area (Å²) in [5.74, 6) is -0.153. The van der Waals surface area contributed by atoms with Gasteiger partial charge in [-0.2, -0.15) is 0 Å². The van der Waals surface area contributed by atoms with E-state index in [1.54, 1.807) is 10.6 Å². The van der Waals surface area contributed by atoms with Crippen molar-refractivity contribution in [2.45, 2.75) is 13.2 Å². The second kappa shape index (κ2) is 11.1. The smallest absolute Gasteiger partial charge is 0.114 e. The van der Waals surface area contributed by atoms with Crippen LogP contribution in [0.5, 0.6) is 0 Å². The number of imidazole rings is 1. The molecule has 9 rings (SSSR count). The van der Waals surface area contributed by atoms with Crippen LogP contribution in [0.4, 0.5) is 0 Å². The highest BCUT2D eigenvalue weighted by Gasteiger charge is 2.20.